The molecule has 1 aromatic rings. The van der Waals surface area contributed by atoms with Gasteiger partial charge in [0.05, 0.1) is 16.7 Å². The Hall–Kier alpha value is -1.85. The summed E-state index contributed by atoms with van der Waals surface area (Å²) in [4.78, 5) is 25.0. The minimum atomic E-state index is -0.847. The van der Waals surface area contributed by atoms with Crippen LogP contribution in [0.2, 0.25) is 0 Å². The van der Waals surface area contributed by atoms with Crippen molar-refractivity contribution in [2.24, 2.45) is 12.5 Å². The largest absolute Gasteiger partial charge is 0.481 e. The minimum Gasteiger partial charge on any atom is -0.481 e. The van der Waals surface area contributed by atoms with Gasteiger partial charge in [0.15, 0.2) is 0 Å². The van der Waals surface area contributed by atoms with Crippen LogP contribution in [0, 0.1) is 12.3 Å². The second-order valence-corrected chi connectivity index (χ2v) is 5.14. The van der Waals surface area contributed by atoms with E-state index in [-0.39, 0.29) is 12.5 Å². The Morgan fingerprint density at radius 3 is 2.61 bits per heavy atom. The summed E-state index contributed by atoms with van der Waals surface area (Å²) in [5.41, 5.74) is 0.393. The number of carbonyl (C=O) groups is 2. The number of hydrogen-bond acceptors (Lipinski definition) is 3. The molecule has 1 amide bonds. The molecule has 0 spiro atoms. The summed E-state index contributed by atoms with van der Waals surface area (Å²) in [6.45, 7) is 4.20. The third kappa shape index (κ3) is 1.98. The van der Waals surface area contributed by atoms with Gasteiger partial charge in [0.2, 0.25) is 0 Å². The number of rotatable bonds is 2. The molecule has 6 heteroatoms. The molecule has 1 N–H and O–H groups in total. The van der Waals surface area contributed by atoms with Crippen molar-refractivity contribution in [1.82, 2.24) is 14.7 Å². The molecular formula is C12H17N3O3. The number of likely N-dealkylation sites (tertiary alicyclic amines) is 1. The van der Waals surface area contributed by atoms with Crippen molar-refractivity contribution in [2.75, 3.05) is 13.1 Å². The molecule has 0 saturated carbocycles. The third-order valence-electron chi connectivity index (χ3n) is 3.52. The summed E-state index contributed by atoms with van der Waals surface area (Å²) < 4.78 is 1.59. The van der Waals surface area contributed by atoms with Gasteiger partial charge in [-0.25, -0.2) is 0 Å². The van der Waals surface area contributed by atoms with Gasteiger partial charge in [-0.15, -0.1) is 0 Å². The number of amides is 1. The average Bonchev–Trinajstić information content (AvgIpc) is 2.82. The van der Waals surface area contributed by atoms with Crippen LogP contribution in [0.1, 0.15) is 29.4 Å². The lowest BCUT2D eigenvalue weighted by molar-refractivity contribution is -0.147. The van der Waals surface area contributed by atoms with Gasteiger partial charge in [0.1, 0.15) is 0 Å². The van der Waals surface area contributed by atoms with E-state index in [1.807, 2.05) is 0 Å². The van der Waals surface area contributed by atoms with Gasteiger partial charge in [-0.1, -0.05) is 0 Å². The van der Waals surface area contributed by atoms with Crippen LogP contribution in [-0.4, -0.2) is 44.8 Å². The van der Waals surface area contributed by atoms with Crippen molar-refractivity contribution in [2.45, 2.75) is 20.3 Å². The van der Waals surface area contributed by atoms with Gasteiger partial charge in [0, 0.05) is 26.3 Å². The summed E-state index contributed by atoms with van der Waals surface area (Å²) in [5.74, 6) is -0.980. The smallest absolute Gasteiger partial charge is 0.311 e. The number of carboxylic acid groups (broad SMARTS) is 1. The Morgan fingerprint density at radius 1 is 1.50 bits per heavy atom. The highest BCUT2D eigenvalue weighted by atomic mass is 16.4. The molecule has 6 nitrogen and oxygen atoms in total. The second kappa shape index (κ2) is 4.12. The number of nitrogens with zero attached hydrogens (tertiary/aromatic N) is 3. The van der Waals surface area contributed by atoms with E-state index in [0.29, 0.717) is 24.2 Å². The predicted octanol–water partition coefficient (Wildman–Crippen LogP) is 0.665. The molecule has 0 aliphatic carbocycles. The Bertz CT molecular complexity index is 509. The van der Waals surface area contributed by atoms with E-state index < -0.39 is 11.4 Å². The zero-order valence-electron chi connectivity index (χ0n) is 10.8. The molecular weight excluding hydrogens is 234 g/mol. The van der Waals surface area contributed by atoms with Crippen LogP contribution in [0.25, 0.3) is 0 Å². The number of aliphatic carboxylic acids is 1. The van der Waals surface area contributed by atoms with E-state index in [4.69, 9.17) is 5.11 Å². The van der Waals surface area contributed by atoms with Crippen molar-refractivity contribution in [1.29, 1.82) is 0 Å². The van der Waals surface area contributed by atoms with Crippen LogP contribution in [0.3, 0.4) is 0 Å². The van der Waals surface area contributed by atoms with Crippen molar-refractivity contribution < 1.29 is 14.7 Å². The first kappa shape index (κ1) is 12.6. The lowest BCUT2D eigenvalue weighted by atomic mass is 9.90. The maximum Gasteiger partial charge on any atom is 0.311 e. The number of aryl methyl sites for hydroxylation is 2. The molecule has 1 saturated heterocycles. The summed E-state index contributed by atoms with van der Waals surface area (Å²) in [5, 5.41) is 13.3. The molecule has 1 aromatic heterocycles. The van der Waals surface area contributed by atoms with Crippen molar-refractivity contribution in [3.8, 4) is 0 Å². The predicted molar refractivity (Wildman–Crippen MR) is 64.2 cm³/mol. The van der Waals surface area contributed by atoms with Gasteiger partial charge in [-0.3, -0.25) is 14.3 Å². The summed E-state index contributed by atoms with van der Waals surface area (Å²) in [6, 6.07) is 0. The van der Waals surface area contributed by atoms with E-state index in [0.717, 1.165) is 0 Å². The summed E-state index contributed by atoms with van der Waals surface area (Å²) in [6.07, 6.45) is 2.17. The molecule has 1 aliphatic rings. The normalized spacial score (nSPS) is 23.4. The number of aromatic nitrogens is 2. The summed E-state index contributed by atoms with van der Waals surface area (Å²) >= 11 is 0. The van der Waals surface area contributed by atoms with Crippen LogP contribution in [0.15, 0.2) is 6.20 Å². The van der Waals surface area contributed by atoms with Crippen LogP contribution >= 0.6 is 0 Å². The molecule has 0 radical (unpaired) electrons. The molecule has 0 bridgehead atoms. The second-order valence-electron chi connectivity index (χ2n) is 5.14. The third-order valence-corrected chi connectivity index (χ3v) is 3.52. The topological polar surface area (TPSA) is 75.4 Å². The van der Waals surface area contributed by atoms with E-state index >= 15 is 0 Å². The molecule has 0 aromatic carbocycles. The number of carboxylic acids is 1. The number of hydrogen-bond donors (Lipinski definition) is 1. The highest BCUT2D eigenvalue weighted by molar-refractivity contribution is 5.95. The maximum absolute atomic E-state index is 12.3. The molecule has 0 unspecified atom stereocenters. The Morgan fingerprint density at radius 2 is 2.17 bits per heavy atom. The monoisotopic (exact) mass is 251 g/mol. The Kier molecular flexibility index (Phi) is 2.88. The first-order valence-corrected chi connectivity index (χ1v) is 5.86. The fourth-order valence-corrected chi connectivity index (χ4v) is 2.29. The average molecular weight is 251 g/mol. The van der Waals surface area contributed by atoms with Crippen LogP contribution in [-0.2, 0) is 11.8 Å². The fraction of sp³-hybridized carbons (Fsp3) is 0.583. The van der Waals surface area contributed by atoms with E-state index in [1.54, 1.807) is 36.7 Å². The van der Waals surface area contributed by atoms with E-state index in [2.05, 4.69) is 5.10 Å². The van der Waals surface area contributed by atoms with Crippen molar-refractivity contribution in [3.63, 3.8) is 0 Å². The maximum atomic E-state index is 12.3. The van der Waals surface area contributed by atoms with Crippen molar-refractivity contribution in [3.05, 3.63) is 17.5 Å². The van der Waals surface area contributed by atoms with Crippen molar-refractivity contribution >= 4 is 11.9 Å². The summed E-state index contributed by atoms with van der Waals surface area (Å²) in [7, 11) is 1.76. The zero-order chi connectivity index (χ0) is 13.5. The van der Waals surface area contributed by atoms with Gasteiger partial charge in [-0.05, 0) is 20.3 Å². The molecule has 1 atom stereocenters. The van der Waals surface area contributed by atoms with Crippen LogP contribution in [0.4, 0.5) is 0 Å². The SMILES string of the molecule is Cc1nn(C)cc1C(=O)N1CC[C@@](C)(C(=O)O)C1. The highest BCUT2D eigenvalue weighted by Gasteiger charge is 2.42. The lowest BCUT2D eigenvalue weighted by Gasteiger charge is -2.19. The Balaban J connectivity index is 2.18. The minimum absolute atomic E-state index is 0.134. The number of carbonyl (C=O) groups excluding carboxylic acids is 1. The van der Waals surface area contributed by atoms with Crippen LogP contribution in [0.5, 0.6) is 0 Å². The van der Waals surface area contributed by atoms with E-state index in [9.17, 15) is 9.59 Å². The van der Waals surface area contributed by atoms with E-state index in [1.165, 1.54) is 0 Å². The first-order chi connectivity index (χ1) is 8.33. The Labute approximate surface area is 105 Å². The molecule has 1 fully saturated rings. The lowest BCUT2D eigenvalue weighted by Crippen LogP contribution is -2.35. The molecule has 98 valence electrons. The zero-order valence-corrected chi connectivity index (χ0v) is 10.8. The molecule has 18 heavy (non-hydrogen) atoms. The van der Waals surface area contributed by atoms with Gasteiger partial charge >= 0.3 is 5.97 Å². The fourth-order valence-electron chi connectivity index (χ4n) is 2.29. The van der Waals surface area contributed by atoms with Gasteiger partial charge in [-0.2, -0.15) is 5.10 Å². The first-order valence-electron chi connectivity index (χ1n) is 5.86. The molecule has 2 heterocycles. The van der Waals surface area contributed by atoms with Crippen LogP contribution < -0.4 is 0 Å². The van der Waals surface area contributed by atoms with Gasteiger partial charge < -0.3 is 10.0 Å². The standard InChI is InChI=1S/C12H17N3O3/c1-8-9(6-14(3)13-8)10(16)15-5-4-12(2,7-15)11(17)18/h6H,4-5,7H2,1-3H3,(H,17,18)/t12-/m1/s1. The molecule has 2 rings (SSSR count). The quantitative estimate of drug-likeness (QED) is 0.838. The molecule has 1 aliphatic heterocycles. The van der Waals surface area contributed by atoms with Gasteiger partial charge in [0.25, 0.3) is 5.91 Å². The highest BCUT2D eigenvalue weighted by Crippen LogP contribution is 2.31.